The smallest absolute Gasteiger partial charge is 0.367 e. The number of likely N-dealkylation sites (N-methyl/N-ethyl adjacent to an activating group) is 1. The van der Waals surface area contributed by atoms with E-state index in [2.05, 4.69) is 32.5 Å². The molecule has 8 nitrogen and oxygen atoms in total. The van der Waals surface area contributed by atoms with Crippen LogP contribution in [-0.2, 0) is 19.1 Å². The van der Waals surface area contributed by atoms with Crippen LogP contribution in [0.2, 0.25) is 0 Å². The van der Waals surface area contributed by atoms with Crippen molar-refractivity contribution in [2.24, 2.45) is 0 Å². The molecule has 34 heavy (non-hydrogen) atoms. The fourth-order valence-corrected chi connectivity index (χ4v) is 4.31. The maximum Gasteiger partial charge on any atom is 0.421 e. The number of carbonyl (C=O) groups excluding carboxylic acids is 1. The molecule has 3 aliphatic rings. The molecule has 1 saturated carbocycles. The number of fused-ring (bicyclic) bond motifs is 1. The van der Waals surface area contributed by atoms with Crippen molar-refractivity contribution in [1.29, 1.82) is 0 Å². The van der Waals surface area contributed by atoms with Gasteiger partial charge in [-0.3, -0.25) is 0 Å². The maximum absolute atomic E-state index is 13.3. The highest BCUT2D eigenvalue weighted by Gasteiger charge is 2.37. The number of amides is 2. The molecule has 2 aromatic rings. The first-order valence-electron chi connectivity index (χ1n) is 11.6. The Morgan fingerprint density at radius 2 is 1.82 bits per heavy atom. The standard InChI is InChI=1S/C23H28F3N7O/c1-31-8-10-32(11-9-31)22(34)33-7-6-15-2-3-18(12-16(15)14-33)29-21-27-13-19(23(24,25)26)20(30-21)28-17-4-5-17/h2-3,12-13,17H,4-11,14H2,1H3,(H2,27,28,29,30). The van der Waals surface area contributed by atoms with Crippen molar-refractivity contribution in [1.82, 2.24) is 24.7 Å². The van der Waals surface area contributed by atoms with E-state index in [-0.39, 0.29) is 23.8 Å². The Morgan fingerprint density at radius 3 is 2.53 bits per heavy atom. The number of benzene rings is 1. The Hall–Kier alpha value is -3.08. The van der Waals surface area contributed by atoms with Crippen LogP contribution in [0, 0.1) is 0 Å². The molecule has 1 saturated heterocycles. The lowest BCUT2D eigenvalue weighted by Crippen LogP contribution is -2.52. The van der Waals surface area contributed by atoms with Gasteiger partial charge in [0.25, 0.3) is 0 Å². The van der Waals surface area contributed by atoms with Gasteiger partial charge in [0.15, 0.2) is 0 Å². The zero-order valence-electron chi connectivity index (χ0n) is 19.0. The van der Waals surface area contributed by atoms with E-state index in [0.29, 0.717) is 18.8 Å². The molecule has 2 amide bonds. The quantitative estimate of drug-likeness (QED) is 0.705. The lowest BCUT2D eigenvalue weighted by Gasteiger charge is -2.38. The first-order chi connectivity index (χ1) is 16.3. The zero-order valence-corrected chi connectivity index (χ0v) is 19.0. The number of carbonyl (C=O) groups is 1. The molecule has 0 atom stereocenters. The molecule has 11 heteroatoms. The molecule has 3 heterocycles. The second-order valence-corrected chi connectivity index (χ2v) is 9.23. The van der Waals surface area contributed by atoms with Crippen molar-refractivity contribution in [2.75, 3.05) is 50.4 Å². The number of rotatable bonds is 4. The van der Waals surface area contributed by atoms with Crippen LogP contribution in [0.15, 0.2) is 24.4 Å². The Morgan fingerprint density at radius 1 is 1.06 bits per heavy atom. The Bertz CT molecular complexity index is 1070. The van der Waals surface area contributed by atoms with Crippen LogP contribution in [0.25, 0.3) is 0 Å². The highest BCUT2D eigenvalue weighted by atomic mass is 19.4. The number of alkyl halides is 3. The number of nitrogens with zero attached hydrogens (tertiary/aromatic N) is 5. The van der Waals surface area contributed by atoms with Crippen molar-refractivity contribution in [3.63, 3.8) is 0 Å². The molecule has 1 aromatic heterocycles. The topological polar surface area (TPSA) is 76.6 Å². The largest absolute Gasteiger partial charge is 0.421 e. The van der Waals surface area contributed by atoms with Gasteiger partial charge in [-0.05, 0) is 49.6 Å². The molecule has 1 aromatic carbocycles. The summed E-state index contributed by atoms with van der Waals surface area (Å²) in [5.74, 6) is -0.105. The van der Waals surface area contributed by atoms with Gasteiger partial charge in [-0.15, -0.1) is 0 Å². The summed E-state index contributed by atoms with van der Waals surface area (Å²) in [5, 5.41) is 5.89. The number of hydrogen-bond donors (Lipinski definition) is 2. The fourth-order valence-electron chi connectivity index (χ4n) is 4.31. The average molecular weight is 476 g/mol. The van der Waals surface area contributed by atoms with E-state index in [4.69, 9.17) is 0 Å². The summed E-state index contributed by atoms with van der Waals surface area (Å²) in [7, 11) is 2.05. The monoisotopic (exact) mass is 475 g/mol. The van der Waals surface area contributed by atoms with Crippen molar-refractivity contribution in [2.45, 2.75) is 38.0 Å². The molecular weight excluding hydrogens is 447 g/mol. The molecule has 1 aliphatic carbocycles. The first kappa shape index (κ1) is 22.7. The van der Waals surface area contributed by atoms with Crippen LogP contribution in [0.1, 0.15) is 29.5 Å². The highest BCUT2D eigenvalue weighted by molar-refractivity contribution is 5.75. The molecule has 5 rings (SSSR count). The van der Waals surface area contributed by atoms with E-state index < -0.39 is 11.7 Å². The van der Waals surface area contributed by atoms with E-state index in [1.165, 1.54) is 0 Å². The number of halogens is 3. The second-order valence-electron chi connectivity index (χ2n) is 9.23. The summed E-state index contributed by atoms with van der Waals surface area (Å²) < 4.78 is 40.0. The van der Waals surface area contributed by atoms with E-state index >= 15 is 0 Å². The van der Waals surface area contributed by atoms with Crippen LogP contribution in [0.4, 0.5) is 35.4 Å². The molecular formula is C23H28F3N7O. The van der Waals surface area contributed by atoms with Gasteiger partial charge in [0.2, 0.25) is 5.95 Å². The van der Waals surface area contributed by atoms with E-state index in [1.807, 2.05) is 28.0 Å². The minimum Gasteiger partial charge on any atom is -0.367 e. The molecule has 2 aliphatic heterocycles. The Labute approximate surface area is 196 Å². The lowest BCUT2D eigenvalue weighted by molar-refractivity contribution is -0.137. The number of piperazine rings is 1. The van der Waals surface area contributed by atoms with Crippen molar-refractivity contribution >= 4 is 23.5 Å². The predicted molar refractivity (Wildman–Crippen MR) is 122 cm³/mol. The van der Waals surface area contributed by atoms with E-state index in [9.17, 15) is 18.0 Å². The third kappa shape index (κ3) is 5.03. The van der Waals surface area contributed by atoms with Gasteiger partial charge in [0.1, 0.15) is 11.4 Å². The summed E-state index contributed by atoms with van der Waals surface area (Å²) in [4.78, 5) is 27.0. The number of anilines is 3. The van der Waals surface area contributed by atoms with Crippen LogP contribution < -0.4 is 10.6 Å². The summed E-state index contributed by atoms with van der Waals surface area (Å²) >= 11 is 0. The van der Waals surface area contributed by atoms with Gasteiger partial charge in [-0.2, -0.15) is 18.2 Å². The third-order valence-electron chi connectivity index (χ3n) is 6.53. The van der Waals surface area contributed by atoms with Crippen LogP contribution in [0.3, 0.4) is 0 Å². The van der Waals surface area contributed by atoms with Crippen molar-refractivity contribution < 1.29 is 18.0 Å². The van der Waals surface area contributed by atoms with Gasteiger partial charge in [0.05, 0.1) is 0 Å². The number of aromatic nitrogens is 2. The molecule has 0 spiro atoms. The number of nitrogens with one attached hydrogen (secondary N) is 2. The number of hydrogen-bond acceptors (Lipinski definition) is 6. The molecule has 182 valence electrons. The van der Waals surface area contributed by atoms with Gasteiger partial charge in [0, 0.05) is 57.2 Å². The highest BCUT2D eigenvalue weighted by Crippen LogP contribution is 2.36. The van der Waals surface area contributed by atoms with Crippen LogP contribution in [-0.4, -0.2) is 76.5 Å². The Balaban J connectivity index is 1.30. The molecule has 0 radical (unpaired) electrons. The maximum atomic E-state index is 13.3. The van der Waals surface area contributed by atoms with Gasteiger partial charge < -0.3 is 25.3 Å². The third-order valence-corrected chi connectivity index (χ3v) is 6.53. The summed E-state index contributed by atoms with van der Waals surface area (Å²) in [5.41, 5.74) is 1.98. The average Bonchev–Trinajstić information content (AvgIpc) is 3.62. The van der Waals surface area contributed by atoms with E-state index in [1.54, 1.807) is 0 Å². The molecule has 0 unspecified atom stereocenters. The van der Waals surface area contributed by atoms with Gasteiger partial charge in [-0.1, -0.05) is 6.07 Å². The molecule has 0 bridgehead atoms. The van der Waals surface area contributed by atoms with Crippen molar-refractivity contribution in [3.8, 4) is 0 Å². The lowest BCUT2D eigenvalue weighted by atomic mass is 9.99. The normalized spacial score (nSPS) is 19.1. The van der Waals surface area contributed by atoms with Crippen LogP contribution in [0.5, 0.6) is 0 Å². The summed E-state index contributed by atoms with van der Waals surface area (Å²) in [6, 6.07) is 5.86. The molecule has 2 fully saturated rings. The number of urea groups is 1. The van der Waals surface area contributed by atoms with Gasteiger partial charge >= 0.3 is 12.2 Å². The predicted octanol–water partition coefficient (Wildman–Crippen LogP) is 3.54. The Kier molecular flexibility index (Phi) is 5.97. The zero-order chi connectivity index (χ0) is 23.9. The minimum atomic E-state index is -4.53. The minimum absolute atomic E-state index is 0.0245. The van der Waals surface area contributed by atoms with Crippen molar-refractivity contribution in [3.05, 3.63) is 41.1 Å². The second kappa shape index (κ2) is 8.94. The fraction of sp³-hybridized carbons (Fsp3) is 0.522. The van der Waals surface area contributed by atoms with Crippen LogP contribution >= 0.6 is 0 Å². The van der Waals surface area contributed by atoms with Gasteiger partial charge in [-0.25, -0.2) is 9.78 Å². The summed E-state index contributed by atoms with van der Waals surface area (Å²) in [6.07, 6.45) is -1.28. The molecule has 2 N–H and O–H groups in total. The van der Waals surface area contributed by atoms with E-state index in [0.717, 1.165) is 62.8 Å². The first-order valence-corrected chi connectivity index (χ1v) is 11.6. The summed E-state index contributed by atoms with van der Waals surface area (Å²) in [6.45, 7) is 4.36. The SMILES string of the molecule is CN1CCN(C(=O)N2CCc3ccc(Nc4ncc(C(F)(F)F)c(NC5CC5)n4)cc3C2)CC1.